The Balaban J connectivity index is 1.84. The minimum Gasteiger partial charge on any atom is -0.468 e. The number of methoxy groups -OCH3 is 1. The molecule has 0 aliphatic carbocycles. The Hall–Kier alpha value is -3.27. The van der Waals surface area contributed by atoms with Crippen LogP contribution in [0.2, 0.25) is 0 Å². The van der Waals surface area contributed by atoms with Gasteiger partial charge in [-0.15, -0.1) is 0 Å². The van der Waals surface area contributed by atoms with Gasteiger partial charge in [-0.3, -0.25) is 13.9 Å². The van der Waals surface area contributed by atoms with Gasteiger partial charge in [0, 0.05) is 6.20 Å². The first-order chi connectivity index (χ1) is 16.5. The molecule has 188 valence electrons. The van der Waals surface area contributed by atoms with Gasteiger partial charge in [-0.2, -0.15) is 15.3 Å². The maximum absolute atomic E-state index is 13.5. The van der Waals surface area contributed by atoms with E-state index >= 15 is 0 Å². The number of anilines is 1. The van der Waals surface area contributed by atoms with Gasteiger partial charge in [-0.1, -0.05) is 18.2 Å². The third-order valence-corrected chi connectivity index (χ3v) is 7.06. The van der Waals surface area contributed by atoms with E-state index in [0.717, 1.165) is 4.57 Å². The SMILES string of the molecule is COC(=O)[C@H](C)NP(=O)(OC[C@H]1O[C@H](n2ccc(N)nc2=O)[C@](C)(C#N)[C@@H]1O)Oc1ccccc1. The lowest BCUT2D eigenvalue weighted by atomic mass is 9.84. The summed E-state index contributed by atoms with van der Waals surface area (Å²) >= 11 is 0. The van der Waals surface area contributed by atoms with E-state index in [1.165, 1.54) is 45.4 Å². The molecule has 3 rings (SSSR count). The van der Waals surface area contributed by atoms with E-state index < -0.39 is 55.9 Å². The number of para-hydroxylation sites is 1. The van der Waals surface area contributed by atoms with Crippen molar-refractivity contribution in [3.63, 3.8) is 0 Å². The minimum absolute atomic E-state index is 0.0202. The fourth-order valence-electron chi connectivity index (χ4n) is 3.47. The summed E-state index contributed by atoms with van der Waals surface area (Å²) in [5, 5.41) is 23.1. The van der Waals surface area contributed by atoms with Crippen LogP contribution in [0.4, 0.5) is 5.82 Å². The van der Waals surface area contributed by atoms with E-state index in [-0.39, 0.29) is 11.6 Å². The Morgan fingerprint density at radius 2 is 2.11 bits per heavy atom. The molecular weight excluding hydrogens is 481 g/mol. The van der Waals surface area contributed by atoms with Gasteiger partial charge in [0.25, 0.3) is 0 Å². The average molecular weight is 507 g/mol. The molecule has 0 spiro atoms. The zero-order valence-corrected chi connectivity index (χ0v) is 20.1. The van der Waals surface area contributed by atoms with E-state index in [4.69, 9.17) is 19.5 Å². The van der Waals surface area contributed by atoms with Crippen molar-refractivity contribution in [2.24, 2.45) is 5.41 Å². The highest BCUT2D eigenvalue weighted by Crippen LogP contribution is 2.48. The molecule has 1 aromatic heterocycles. The number of aliphatic hydroxyl groups is 1. The lowest BCUT2D eigenvalue weighted by Crippen LogP contribution is -2.40. The number of hydrogen-bond acceptors (Lipinski definition) is 11. The summed E-state index contributed by atoms with van der Waals surface area (Å²) in [6.07, 6.45) is -2.60. The number of aromatic nitrogens is 2. The molecular formula is C21H26N5O8P. The molecule has 4 N–H and O–H groups in total. The first-order valence-electron chi connectivity index (χ1n) is 10.5. The van der Waals surface area contributed by atoms with Gasteiger partial charge in [0.2, 0.25) is 0 Å². The van der Waals surface area contributed by atoms with Crippen LogP contribution in [0, 0.1) is 16.7 Å². The van der Waals surface area contributed by atoms with Gasteiger partial charge >= 0.3 is 19.4 Å². The minimum atomic E-state index is -4.22. The topological polar surface area (TPSA) is 188 Å². The second-order valence-corrected chi connectivity index (χ2v) is 9.67. The van der Waals surface area contributed by atoms with Gasteiger partial charge in [0.05, 0.1) is 19.8 Å². The standard InChI is InChI=1S/C21H26N5O8P/c1-13(18(28)31-3)25-35(30,34-14-7-5-4-6-8-14)32-11-15-17(27)21(2,12-22)19(33-15)26-10-9-16(23)24-20(26)29/h4-10,13,15,17,19,27H,11H2,1-3H3,(H,25,30)(H2,23,24,29)/t13-,15+,17+,19-,21+,35?/m0/s1. The van der Waals surface area contributed by atoms with E-state index in [2.05, 4.69) is 14.8 Å². The summed E-state index contributed by atoms with van der Waals surface area (Å²) in [7, 11) is -3.05. The molecule has 0 saturated carbocycles. The summed E-state index contributed by atoms with van der Waals surface area (Å²) in [5.41, 5.74) is 3.15. The van der Waals surface area contributed by atoms with Crippen molar-refractivity contribution in [2.45, 2.75) is 38.3 Å². The van der Waals surface area contributed by atoms with Crippen molar-refractivity contribution in [3.8, 4) is 11.8 Å². The number of aliphatic hydroxyl groups excluding tert-OH is 1. The van der Waals surface area contributed by atoms with Crippen molar-refractivity contribution in [2.75, 3.05) is 19.5 Å². The van der Waals surface area contributed by atoms with Crippen LogP contribution in [-0.4, -0.2) is 52.6 Å². The van der Waals surface area contributed by atoms with Gasteiger partial charge in [-0.25, -0.2) is 9.36 Å². The Bertz CT molecular complexity index is 1200. The molecule has 35 heavy (non-hydrogen) atoms. The van der Waals surface area contributed by atoms with Crippen LogP contribution < -0.4 is 21.0 Å². The van der Waals surface area contributed by atoms with Crippen molar-refractivity contribution in [1.29, 1.82) is 5.26 Å². The first-order valence-corrected chi connectivity index (χ1v) is 12.0. The molecule has 1 aliphatic heterocycles. The predicted molar refractivity (Wildman–Crippen MR) is 122 cm³/mol. The van der Waals surface area contributed by atoms with Crippen LogP contribution in [0.1, 0.15) is 20.1 Å². The monoisotopic (exact) mass is 507 g/mol. The van der Waals surface area contributed by atoms with Gasteiger partial charge in [0.15, 0.2) is 6.23 Å². The molecule has 1 fully saturated rings. The molecule has 6 atom stereocenters. The second kappa shape index (κ2) is 10.6. The van der Waals surface area contributed by atoms with E-state index in [1.54, 1.807) is 18.2 Å². The molecule has 13 nitrogen and oxygen atoms in total. The molecule has 1 unspecified atom stereocenters. The molecule has 2 heterocycles. The highest BCUT2D eigenvalue weighted by atomic mass is 31.2. The van der Waals surface area contributed by atoms with Crippen LogP contribution in [0.5, 0.6) is 5.75 Å². The third kappa shape index (κ3) is 5.70. The second-order valence-electron chi connectivity index (χ2n) is 7.98. The highest BCUT2D eigenvalue weighted by Gasteiger charge is 2.55. The maximum Gasteiger partial charge on any atom is 0.459 e. The van der Waals surface area contributed by atoms with E-state index in [0.29, 0.717) is 0 Å². The molecule has 14 heteroatoms. The number of ether oxygens (including phenoxy) is 2. The number of carbonyl (C=O) groups is 1. The normalized spacial score (nSPS) is 26.3. The smallest absolute Gasteiger partial charge is 0.459 e. The zero-order valence-electron chi connectivity index (χ0n) is 19.2. The van der Waals surface area contributed by atoms with Gasteiger partial charge < -0.3 is 24.8 Å². The van der Waals surface area contributed by atoms with Gasteiger partial charge in [-0.05, 0) is 32.0 Å². The van der Waals surface area contributed by atoms with E-state index in [9.17, 15) is 24.5 Å². The zero-order chi connectivity index (χ0) is 25.8. The molecule has 2 aromatic rings. The highest BCUT2D eigenvalue weighted by molar-refractivity contribution is 7.52. The van der Waals surface area contributed by atoms with Gasteiger partial charge in [0.1, 0.15) is 35.2 Å². The fourth-order valence-corrected chi connectivity index (χ4v) is 4.97. The average Bonchev–Trinajstić information content (AvgIpc) is 3.08. The Morgan fingerprint density at radius 1 is 1.43 bits per heavy atom. The molecule has 0 radical (unpaired) electrons. The predicted octanol–water partition coefficient (Wildman–Crippen LogP) is 0.968. The van der Waals surface area contributed by atoms with Crippen LogP contribution >= 0.6 is 7.75 Å². The molecule has 0 bridgehead atoms. The number of hydrogen-bond donors (Lipinski definition) is 3. The number of carbonyl (C=O) groups excluding carboxylic acids is 1. The largest absolute Gasteiger partial charge is 0.468 e. The maximum atomic E-state index is 13.5. The Labute approximate surface area is 201 Å². The number of rotatable bonds is 9. The van der Waals surface area contributed by atoms with Crippen LogP contribution in [0.3, 0.4) is 0 Å². The fraction of sp³-hybridized carbons (Fsp3) is 0.429. The molecule has 0 amide bonds. The van der Waals surface area contributed by atoms with Crippen molar-refractivity contribution < 1.29 is 33.0 Å². The number of nitrogens with one attached hydrogen (secondary N) is 1. The third-order valence-electron chi connectivity index (χ3n) is 5.41. The van der Waals surface area contributed by atoms with Crippen LogP contribution in [-0.2, 0) is 23.4 Å². The summed E-state index contributed by atoms with van der Waals surface area (Å²) in [5.74, 6) is -0.546. The number of nitrogen functional groups attached to an aromatic ring is 1. The number of benzene rings is 1. The summed E-state index contributed by atoms with van der Waals surface area (Å²) in [6.45, 7) is 2.29. The summed E-state index contributed by atoms with van der Waals surface area (Å²) < 4.78 is 36.0. The molecule has 1 aromatic carbocycles. The lowest BCUT2D eigenvalue weighted by molar-refractivity contribution is -0.142. The molecule has 1 aliphatic rings. The van der Waals surface area contributed by atoms with Crippen molar-refractivity contribution >= 4 is 19.5 Å². The number of nitriles is 1. The number of esters is 1. The van der Waals surface area contributed by atoms with Crippen molar-refractivity contribution in [1.82, 2.24) is 14.6 Å². The number of nitrogens with zero attached hydrogens (tertiary/aromatic N) is 3. The quantitative estimate of drug-likeness (QED) is 0.323. The Morgan fingerprint density at radius 3 is 2.71 bits per heavy atom. The number of nitrogens with two attached hydrogens (primary N) is 1. The Kier molecular flexibility index (Phi) is 7.94. The summed E-state index contributed by atoms with van der Waals surface area (Å²) in [4.78, 5) is 27.8. The molecule has 1 saturated heterocycles. The lowest BCUT2D eigenvalue weighted by Gasteiger charge is -2.26. The van der Waals surface area contributed by atoms with Crippen LogP contribution in [0.15, 0.2) is 47.4 Å². The first kappa shape index (κ1) is 26.3. The van der Waals surface area contributed by atoms with Crippen LogP contribution in [0.25, 0.3) is 0 Å². The van der Waals surface area contributed by atoms with Crippen molar-refractivity contribution in [3.05, 3.63) is 53.1 Å². The van der Waals surface area contributed by atoms with E-state index in [1.807, 2.05) is 6.07 Å². The summed E-state index contributed by atoms with van der Waals surface area (Å²) in [6, 6.07) is 10.3.